The van der Waals surface area contributed by atoms with Crippen LogP contribution in [0.1, 0.15) is 51.4 Å². The number of fused-ring (bicyclic) bond motifs is 1. The summed E-state index contributed by atoms with van der Waals surface area (Å²) in [6, 6.07) is 2.99. The Balaban J connectivity index is 1.22. The zero-order valence-electron chi connectivity index (χ0n) is 19.2. The third kappa shape index (κ3) is 6.49. The van der Waals surface area contributed by atoms with Gasteiger partial charge in [-0.15, -0.1) is 4.73 Å². The molecule has 0 saturated carbocycles. The first-order chi connectivity index (χ1) is 15.8. The van der Waals surface area contributed by atoms with Crippen molar-refractivity contribution in [3.63, 3.8) is 0 Å². The van der Waals surface area contributed by atoms with E-state index in [1.807, 2.05) is 23.7 Å². The number of amides is 3. The lowest BCUT2D eigenvalue weighted by Crippen LogP contribution is -2.38. The molecule has 3 N–H and O–H groups in total. The van der Waals surface area contributed by atoms with E-state index in [1.165, 1.54) is 12.1 Å². The van der Waals surface area contributed by atoms with Crippen LogP contribution in [0.4, 0.5) is 4.79 Å². The molecule has 0 aromatic carbocycles. The minimum atomic E-state index is -0.545. The molecule has 3 heterocycles. The number of hydrogen-bond acceptors (Lipinski definition) is 7. The van der Waals surface area contributed by atoms with Crippen LogP contribution in [0.3, 0.4) is 0 Å². The molecule has 1 aromatic heterocycles. The first-order valence-corrected chi connectivity index (χ1v) is 12.5. The number of aromatic hydroxyl groups is 2. The van der Waals surface area contributed by atoms with E-state index in [2.05, 4.69) is 5.32 Å². The fourth-order valence-corrected chi connectivity index (χ4v) is 5.99. The summed E-state index contributed by atoms with van der Waals surface area (Å²) < 4.78 is 0.681. The zero-order chi connectivity index (χ0) is 24.0. The number of unbranched alkanes of at least 4 members (excludes halogenated alkanes) is 3. The van der Waals surface area contributed by atoms with Gasteiger partial charge in [-0.05, 0) is 25.7 Å². The Morgan fingerprint density at radius 2 is 1.85 bits per heavy atom. The van der Waals surface area contributed by atoms with Crippen molar-refractivity contribution in [3.8, 4) is 11.8 Å². The quantitative estimate of drug-likeness (QED) is 0.307. The van der Waals surface area contributed by atoms with Crippen molar-refractivity contribution in [2.24, 2.45) is 0 Å². The molecule has 0 spiro atoms. The number of hydrogen-bond donors (Lipinski definition) is 3. The van der Waals surface area contributed by atoms with Gasteiger partial charge in [-0.3, -0.25) is 4.79 Å². The largest absolute Gasteiger partial charge is 0.492 e. The van der Waals surface area contributed by atoms with E-state index in [1.54, 1.807) is 11.9 Å². The molecule has 184 valence electrons. The molecule has 1 aromatic rings. The fourth-order valence-electron chi connectivity index (χ4n) is 4.36. The van der Waals surface area contributed by atoms with Gasteiger partial charge in [-0.1, -0.05) is 12.8 Å². The summed E-state index contributed by atoms with van der Waals surface area (Å²) in [5, 5.41) is 22.4. The number of nitrogens with one attached hydrogen (secondary N) is 1. The van der Waals surface area contributed by atoms with Gasteiger partial charge in [0.15, 0.2) is 0 Å². The maximum Gasteiger partial charge on any atom is 0.333 e. The Hall–Kier alpha value is -2.56. The Kier molecular flexibility index (Phi) is 8.76. The predicted octanol–water partition coefficient (Wildman–Crippen LogP) is 1.94. The van der Waals surface area contributed by atoms with Crippen molar-refractivity contribution in [2.45, 2.75) is 68.7 Å². The Morgan fingerprint density at radius 1 is 1.15 bits per heavy atom. The second kappa shape index (κ2) is 11.5. The number of aromatic nitrogens is 1. The van der Waals surface area contributed by atoms with Crippen molar-refractivity contribution < 1.29 is 29.4 Å². The predicted molar refractivity (Wildman–Crippen MR) is 124 cm³/mol. The number of rotatable bonds is 12. The highest BCUT2D eigenvalue weighted by Gasteiger charge is 2.46. The number of carbonyl (C=O) groups is 3. The van der Waals surface area contributed by atoms with Crippen molar-refractivity contribution in [1.29, 1.82) is 0 Å². The number of likely N-dealkylation sites (N-methyl/N-ethyl adjacent to an activating group) is 1. The summed E-state index contributed by atoms with van der Waals surface area (Å²) in [4.78, 5) is 44.4. The zero-order valence-corrected chi connectivity index (χ0v) is 20.1. The summed E-state index contributed by atoms with van der Waals surface area (Å²) in [6.07, 6.45) is 5.64. The van der Waals surface area contributed by atoms with Crippen molar-refractivity contribution in [1.82, 2.24) is 19.8 Å². The van der Waals surface area contributed by atoms with Crippen LogP contribution in [-0.4, -0.2) is 86.4 Å². The molecule has 0 aliphatic carbocycles. The normalized spacial score (nSPS) is 21.7. The lowest BCUT2D eigenvalue weighted by molar-refractivity contribution is -0.145. The highest BCUT2D eigenvalue weighted by Crippen LogP contribution is 2.36. The molecule has 10 nitrogen and oxygen atoms in total. The van der Waals surface area contributed by atoms with E-state index in [0.29, 0.717) is 29.4 Å². The van der Waals surface area contributed by atoms with Crippen LogP contribution in [-0.2, 0) is 9.59 Å². The first kappa shape index (κ1) is 25.1. The molecule has 2 saturated heterocycles. The summed E-state index contributed by atoms with van der Waals surface area (Å²) in [7, 11) is 3.66. The molecule has 33 heavy (non-hydrogen) atoms. The second-order valence-corrected chi connectivity index (χ2v) is 9.98. The molecule has 0 unspecified atom stereocenters. The molecule has 11 heteroatoms. The molecule has 0 bridgehead atoms. The second-order valence-electron chi connectivity index (χ2n) is 8.71. The standard InChI is InChI=1S/C22H34N4O6S/c1-24(13-7-3-4-10-20(30)32-26-18(28)11-12-19(26)29)17(27)9-6-5-8-16-21-15(14-33-16)23-22(31)25(21)2/h11-12,15-16,21,28-29H,3-10,13-14H2,1-2H3,(H,23,31)/t15-,16-,21-/m0/s1. The van der Waals surface area contributed by atoms with Crippen LogP contribution in [0.25, 0.3) is 0 Å². The number of nitrogens with zero attached hydrogens (tertiary/aromatic N) is 3. The van der Waals surface area contributed by atoms with E-state index in [0.717, 1.165) is 37.9 Å². The van der Waals surface area contributed by atoms with Gasteiger partial charge in [0.25, 0.3) is 0 Å². The number of carbonyl (C=O) groups excluding carboxylic acids is 3. The van der Waals surface area contributed by atoms with Gasteiger partial charge < -0.3 is 30.2 Å². The average molecular weight is 483 g/mol. The monoisotopic (exact) mass is 482 g/mol. The molecule has 3 rings (SSSR count). The van der Waals surface area contributed by atoms with E-state index >= 15 is 0 Å². The Bertz CT molecular complexity index is 827. The Morgan fingerprint density at radius 3 is 2.58 bits per heavy atom. The lowest BCUT2D eigenvalue weighted by Gasteiger charge is -2.23. The smallest absolute Gasteiger partial charge is 0.333 e. The SMILES string of the molecule is CN(CCCCCC(=O)On1c(O)ccc1O)C(=O)CCCC[C@@H]1SC[C@@H]2NC(=O)N(C)[C@@H]21. The first-order valence-electron chi connectivity index (χ1n) is 11.5. The van der Waals surface area contributed by atoms with Gasteiger partial charge in [-0.25, -0.2) is 9.59 Å². The third-order valence-corrected chi connectivity index (χ3v) is 7.77. The van der Waals surface area contributed by atoms with Crippen LogP contribution in [0, 0.1) is 0 Å². The molecular formula is C22H34N4O6S. The van der Waals surface area contributed by atoms with Crippen LogP contribution >= 0.6 is 11.8 Å². The van der Waals surface area contributed by atoms with Gasteiger partial charge >= 0.3 is 12.0 Å². The molecule has 0 radical (unpaired) electrons. The van der Waals surface area contributed by atoms with Gasteiger partial charge in [0.2, 0.25) is 17.7 Å². The third-order valence-electron chi connectivity index (χ3n) is 6.28. The highest BCUT2D eigenvalue weighted by atomic mass is 32.2. The van der Waals surface area contributed by atoms with Gasteiger partial charge in [0.05, 0.1) is 12.1 Å². The molecule has 3 atom stereocenters. The Labute approximate surface area is 198 Å². The van der Waals surface area contributed by atoms with Crippen molar-refractivity contribution in [2.75, 3.05) is 26.4 Å². The lowest BCUT2D eigenvalue weighted by atomic mass is 10.0. The van der Waals surface area contributed by atoms with E-state index in [4.69, 9.17) is 4.84 Å². The van der Waals surface area contributed by atoms with Gasteiger partial charge in [0, 0.05) is 56.6 Å². The highest BCUT2D eigenvalue weighted by molar-refractivity contribution is 8.00. The average Bonchev–Trinajstić information content (AvgIpc) is 3.41. The topological polar surface area (TPSA) is 124 Å². The van der Waals surface area contributed by atoms with Crippen LogP contribution in [0.15, 0.2) is 12.1 Å². The van der Waals surface area contributed by atoms with Gasteiger partial charge in [0.1, 0.15) is 0 Å². The number of thioether (sulfide) groups is 1. The van der Waals surface area contributed by atoms with Crippen LogP contribution < -0.4 is 10.2 Å². The summed E-state index contributed by atoms with van der Waals surface area (Å²) in [6.45, 7) is 0.633. The minimum absolute atomic E-state index is 0.0171. The molecular weight excluding hydrogens is 448 g/mol. The maximum atomic E-state index is 12.4. The summed E-state index contributed by atoms with van der Waals surface area (Å²) in [5.41, 5.74) is 0. The van der Waals surface area contributed by atoms with E-state index in [-0.39, 0.29) is 42.2 Å². The van der Waals surface area contributed by atoms with Crippen molar-refractivity contribution >= 4 is 29.7 Å². The molecule has 2 fully saturated rings. The van der Waals surface area contributed by atoms with Crippen LogP contribution in [0.5, 0.6) is 11.8 Å². The molecule has 3 amide bonds. The van der Waals surface area contributed by atoms with Gasteiger partial charge in [-0.2, -0.15) is 11.8 Å². The molecule has 2 aliphatic rings. The summed E-state index contributed by atoms with van der Waals surface area (Å²) in [5.74, 6) is -0.144. The van der Waals surface area contributed by atoms with E-state index < -0.39 is 5.97 Å². The minimum Gasteiger partial charge on any atom is -0.492 e. The summed E-state index contributed by atoms with van der Waals surface area (Å²) >= 11 is 1.91. The molecule has 2 aliphatic heterocycles. The van der Waals surface area contributed by atoms with Crippen LogP contribution in [0.2, 0.25) is 0 Å². The maximum absolute atomic E-state index is 12.4. The van der Waals surface area contributed by atoms with E-state index in [9.17, 15) is 24.6 Å². The fraction of sp³-hybridized carbons (Fsp3) is 0.682. The number of urea groups is 1. The van der Waals surface area contributed by atoms with Crippen molar-refractivity contribution in [3.05, 3.63) is 12.1 Å².